The molecule has 2 aliphatic heterocycles. The van der Waals surface area contributed by atoms with Crippen LogP contribution in [-0.2, 0) is 4.74 Å². The maximum Gasteiger partial charge on any atom is 0.0698 e. The largest absolute Gasteiger partial charge is 0.380 e. The van der Waals surface area contributed by atoms with Crippen LogP contribution in [0.2, 0.25) is 0 Å². The van der Waals surface area contributed by atoms with Gasteiger partial charge in [-0.1, -0.05) is 0 Å². The highest BCUT2D eigenvalue weighted by molar-refractivity contribution is 4.77. The van der Waals surface area contributed by atoms with Crippen molar-refractivity contribution in [3.05, 3.63) is 0 Å². The monoisotopic (exact) mass is 212 g/mol. The molecule has 0 radical (unpaired) electrons. The van der Waals surface area contributed by atoms with E-state index in [9.17, 15) is 0 Å². The number of methoxy groups -OCH3 is 1. The maximum absolute atomic E-state index is 5.46. The molecule has 2 rings (SSSR count). The molecular formula is C12H24N2O. The van der Waals surface area contributed by atoms with Gasteiger partial charge in [0.1, 0.15) is 0 Å². The lowest BCUT2D eigenvalue weighted by Crippen LogP contribution is -2.43. The van der Waals surface area contributed by atoms with Crippen LogP contribution in [0.25, 0.3) is 0 Å². The third-order valence-electron chi connectivity index (χ3n) is 3.77. The van der Waals surface area contributed by atoms with Crippen molar-refractivity contribution < 1.29 is 4.74 Å². The Balaban J connectivity index is 1.72. The molecule has 3 heteroatoms. The lowest BCUT2D eigenvalue weighted by atomic mass is 9.96. The summed E-state index contributed by atoms with van der Waals surface area (Å²) in [6.07, 6.45) is 5.76. The molecule has 2 saturated heterocycles. The molecule has 2 aliphatic rings. The highest BCUT2D eigenvalue weighted by Gasteiger charge is 2.22. The van der Waals surface area contributed by atoms with Gasteiger partial charge in [-0.25, -0.2) is 0 Å². The van der Waals surface area contributed by atoms with Crippen LogP contribution in [0.4, 0.5) is 0 Å². The number of hydrogen-bond donors (Lipinski definition) is 1. The zero-order valence-electron chi connectivity index (χ0n) is 9.87. The number of nitrogens with zero attached hydrogens (tertiary/aromatic N) is 1. The van der Waals surface area contributed by atoms with Gasteiger partial charge in [0.15, 0.2) is 0 Å². The zero-order valence-corrected chi connectivity index (χ0v) is 9.87. The molecule has 0 amide bonds. The lowest BCUT2D eigenvalue weighted by molar-refractivity contribution is 0.0241. The first-order valence-corrected chi connectivity index (χ1v) is 6.34. The number of ether oxygens (including phenoxy) is 1. The molecule has 0 aromatic carbocycles. The topological polar surface area (TPSA) is 24.5 Å². The third kappa shape index (κ3) is 3.44. The molecule has 88 valence electrons. The molecule has 2 heterocycles. The van der Waals surface area contributed by atoms with E-state index in [-0.39, 0.29) is 0 Å². The summed E-state index contributed by atoms with van der Waals surface area (Å²) < 4.78 is 5.46. The molecule has 0 spiro atoms. The van der Waals surface area contributed by atoms with Crippen LogP contribution in [0.15, 0.2) is 0 Å². The van der Waals surface area contributed by atoms with Crippen LogP contribution < -0.4 is 5.32 Å². The number of piperidine rings is 2. The summed E-state index contributed by atoms with van der Waals surface area (Å²) >= 11 is 0. The quantitative estimate of drug-likeness (QED) is 0.758. The fourth-order valence-corrected chi connectivity index (χ4v) is 2.80. The van der Waals surface area contributed by atoms with Crippen molar-refractivity contribution in [2.75, 3.05) is 39.8 Å². The van der Waals surface area contributed by atoms with Crippen molar-refractivity contribution in [2.24, 2.45) is 5.92 Å². The number of likely N-dealkylation sites (tertiary alicyclic amines) is 1. The van der Waals surface area contributed by atoms with Gasteiger partial charge in [-0.3, -0.25) is 0 Å². The van der Waals surface area contributed by atoms with E-state index in [1.807, 2.05) is 7.11 Å². The summed E-state index contributed by atoms with van der Waals surface area (Å²) in [7, 11) is 1.85. The standard InChI is InChI=1S/C12H24N2O/c1-15-12-3-2-8-14(10-12)9-11-4-6-13-7-5-11/h11-13H,2-10H2,1H3. The Kier molecular flexibility index (Phi) is 4.42. The van der Waals surface area contributed by atoms with Crippen LogP contribution in [-0.4, -0.2) is 50.8 Å². The second-order valence-electron chi connectivity index (χ2n) is 4.95. The average molecular weight is 212 g/mol. The average Bonchev–Trinajstić information content (AvgIpc) is 2.31. The Morgan fingerprint density at radius 3 is 2.80 bits per heavy atom. The summed E-state index contributed by atoms with van der Waals surface area (Å²) in [4.78, 5) is 2.60. The molecule has 0 aliphatic carbocycles. The van der Waals surface area contributed by atoms with Gasteiger partial charge in [0.25, 0.3) is 0 Å². The van der Waals surface area contributed by atoms with E-state index in [1.165, 1.54) is 51.9 Å². The smallest absolute Gasteiger partial charge is 0.0698 e. The second kappa shape index (κ2) is 5.83. The predicted molar refractivity (Wildman–Crippen MR) is 62.1 cm³/mol. The van der Waals surface area contributed by atoms with E-state index in [0.717, 1.165) is 12.5 Å². The fraction of sp³-hybridized carbons (Fsp3) is 1.00. The van der Waals surface area contributed by atoms with Crippen molar-refractivity contribution in [1.29, 1.82) is 0 Å². The van der Waals surface area contributed by atoms with Crippen molar-refractivity contribution in [2.45, 2.75) is 31.8 Å². The van der Waals surface area contributed by atoms with E-state index in [1.54, 1.807) is 0 Å². The molecule has 1 unspecified atom stereocenters. The molecule has 1 N–H and O–H groups in total. The van der Waals surface area contributed by atoms with E-state index in [0.29, 0.717) is 6.10 Å². The molecule has 0 saturated carbocycles. The highest BCUT2D eigenvalue weighted by Crippen LogP contribution is 2.18. The lowest BCUT2D eigenvalue weighted by Gasteiger charge is -2.35. The molecule has 2 fully saturated rings. The van der Waals surface area contributed by atoms with E-state index in [4.69, 9.17) is 4.74 Å². The fourth-order valence-electron chi connectivity index (χ4n) is 2.80. The first kappa shape index (κ1) is 11.4. The second-order valence-corrected chi connectivity index (χ2v) is 4.95. The van der Waals surface area contributed by atoms with Gasteiger partial charge >= 0.3 is 0 Å². The molecule has 3 nitrogen and oxygen atoms in total. The van der Waals surface area contributed by atoms with Gasteiger partial charge in [-0.15, -0.1) is 0 Å². The maximum atomic E-state index is 5.46. The minimum absolute atomic E-state index is 0.487. The van der Waals surface area contributed by atoms with Crippen LogP contribution in [0.1, 0.15) is 25.7 Å². The Labute approximate surface area is 93.2 Å². The van der Waals surface area contributed by atoms with Gasteiger partial charge in [-0.05, 0) is 51.2 Å². The third-order valence-corrected chi connectivity index (χ3v) is 3.77. The van der Waals surface area contributed by atoms with Crippen molar-refractivity contribution in [3.8, 4) is 0 Å². The van der Waals surface area contributed by atoms with E-state index < -0.39 is 0 Å². The van der Waals surface area contributed by atoms with Gasteiger partial charge in [0.05, 0.1) is 6.10 Å². The summed E-state index contributed by atoms with van der Waals surface area (Å²) in [5.41, 5.74) is 0. The molecule has 0 aromatic rings. The Morgan fingerprint density at radius 2 is 2.07 bits per heavy atom. The van der Waals surface area contributed by atoms with Crippen LogP contribution in [0.5, 0.6) is 0 Å². The zero-order chi connectivity index (χ0) is 10.5. The van der Waals surface area contributed by atoms with Gasteiger partial charge in [0.2, 0.25) is 0 Å². The van der Waals surface area contributed by atoms with Gasteiger partial charge in [-0.2, -0.15) is 0 Å². The highest BCUT2D eigenvalue weighted by atomic mass is 16.5. The summed E-state index contributed by atoms with van der Waals surface area (Å²) in [5.74, 6) is 0.918. The first-order chi connectivity index (χ1) is 7.38. The van der Waals surface area contributed by atoms with Crippen LogP contribution >= 0.6 is 0 Å². The van der Waals surface area contributed by atoms with Crippen LogP contribution in [0, 0.1) is 5.92 Å². The van der Waals surface area contributed by atoms with Gasteiger partial charge < -0.3 is 15.0 Å². The Morgan fingerprint density at radius 1 is 1.27 bits per heavy atom. The van der Waals surface area contributed by atoms with E-state index in [2.05, 4.69) is 10.2 Å². The number of nitrogens with one attached hydrogen (secondary N) is 1. The predicted octanol–water partition coefficient (Wildman–Crippen LogP) is 1.10. The molecule has 15 heavy (non-hydrogen) atoms. The molecule has 1 atom stereocenters. The molecule has 0 bridgehead atoms. The SMILES string of the molecule is COC1CCCN(CC2CCNCC2)C1. The van der Waals surface area contributed by atoms with Gasteiger partial charge in [0, 0.05) is 20.2 Å². The molecular weight excluding hydrogens is 188 g/mol. The minimum Gasteiger partial charge on any atom is -0.380 e. The van der Waals surface area contributed by atoms with Crippen molar-refractivity contribution in [1.82, 2.24) is 10.2 Å². The van der Waals surface area contributed by atoms with Crippen molar-refractivity contribution >= 4 is 0 Å². The van der Waals surface area contributed by atoms with Crippen molar-refractivity contribution in [3.63, 3.8) is 0 Å². The summed E-state index contributed by atoms with van der Waals surface area (Å²) in [6.45, 7) is 6.16. The Hall–Kier alpha value is -0.120. The minimum atomic E-state index is 0.487. The van der Waals surface area contributed by atoms with Crippen LogP contribution in [0.3, 0.4) is 0 Å². The summed E-state index contributed by atoms with van der Waals surface area (Å²) in [5, 5.41) is 3.43. The number of rotatable bonds is 3. The Bertz CT molecular complexity index is 180. The summed E-state index contributed by atoms with van der Waals surface area (Å²) in [6, 6.07) is 0. The normalized spacial score (nSPS) is 30.6. The molecule has 0 aromatic heterocycles. The number of hydrogen-bond acceptors (Lipinski definition) is 3. The van der Waals surface area contributed by atoms with E-state index >= 15 is 0 Å². The first-order valence-electron chi connectivity index (χ1n) is 6.34.